The molecule has 2 aromatic carbocycles. The first-order valence-electron chi connectivity index (χ1n) is 9.49. The molecule has 0 fully saturated rings. The molecule has 26 heavy (non-hydrogen) atoms. The summed E-state index contributed by atoms with van der Waals surface area (Å²) in [5.41, 5.74) is 2.25. The van der Waals surface area contributed by atoms with Gasteiger partial charge in [-0.05, 0) is 36.2 Å². The van der Waals surface area contributed by atoms with Crippen molar-refractivity contribution in [3.05, 3.63) is 54.1 Å². The molecule has 0 aliphatic carbocycles. The monoisotopic (exact) mass is 357 g/mol. The molecule has 0 saturated heterocycles. The minimum absolute atomic E-state index is 0.555. The first kappa shape index (κ1) is 20.1. The van der Waals surface area contributed by atoms with E-state index in [0.717, 1.165) is 36.8 Å². The van der Waals surface area contributed by atoms with Gasteiger partial charge in [0.1, 0.15) is 18.1 Å². The van der Waals surface area contributed by atoms with Crippen LogP contribution in [0.2, 0.25) is 0 Å². The summed E-state index contributed by atoms with van der Waals surface area (Å²) < 4.78 is 16.4. The lowest BCUT2D eigenvalue weighted by molar-refractivity contribution is 0.146. The third-order valence-electron chi connectivity index (χ3n) is 4.08. The van der Waals surface area contributed by atoms with Crippen molar-refractivity contribution in [2.24, 2.45) is 0 Å². The van der Waals surface area contributed by atoms with E-state index in [2.05, 4.69) is 24.4 Å². The number of unbranched alkanes of at least 4 members (excludes halogenated alkanes) is 3. The molecule has 4 nitrogen and oxygen atoms in total. The molecule has 4 heteroatoms. The molecule has 1 N–H and O–H groups in total. The number of benzene rings is 2. The van der Waals surface area contributed by atoms with Gasteiger partial charge in [-0.3, -0.25) is 0 Å². The first-order valence-corrected chi connectivity index (χ1v) is 9.49. The highest BCUT2D eigenvalue weighted by Gasteiger charge is 1.99. The molecule has 0 atom stereocenters. The second-order valence-corrected chi connectivity index (χ2v) is 6.28. The van der Waals surface area contributed by atoms with Crippen molar-refractivity contribution in [1.82, 2.24) is 0 Å². The van der Waals surface area contributed by atoms with E-state index >= 15 is 0 Å². The second kappa shape index (κ2) is 12.2. The van der Waals surface area contributed by atoms with Gasteiger partial charge < -0.3 is 19.5 Å². The van der Waals surface area contributed by atoms with Crippen molar-refractivity contribution in [1.29, 1.82) is 0 Å². The zero-order valence-corrected chi connectivity index (χ0v) is 16.0. The van der Waals surface area contributed by atoms with Crippen molar-refractivity contribution < 1.29 is 14.2 Å². The van der Waals surface area contributed by atoms with Gasteiger partial charge in [0.25, 0.3) is 0 Å². The molecule has 0 saturated carbocycles. The largest absolute Gasteiger partial charge is 0.494 e. The smallest absolute Gasteiger partial charge is 0.121 e. The Morgan fingerprint density at radius 3 is 2.38 bits per heavy atom. The fourth-order valence-corrected chi connectivity index (χ4v) is 2.57. The highest BCUT2D eigenvalue weighted by atomic mass is 16.5. The van der Waals surface area contributed by atoms with Crippen LogP contribution < -0.4 is 14.8 Å². The number of hydrogen-bond donors (Lipinski definition) is 1. The summed E-state index contributed by atoms with van der Waals surface area (Å²) in [6.45, 7) is 4.93. The van der Waals surface area contributed by atoms with E-state index in [4.69, 9.17) is 14.2 Å². The van der Waals surface area contributed by atoms with Gasteiger partial charge in [-0.15, -0.1) is 0 Å². The Kier molecular flexibility index (Phi) is 9.44. The van der Waals surface area contributed by atoms with Crippen LogP contribution in [-0.2, 0) is 11.3 Å². The summed E-state index contributed by atoms with van der Waals surface area (Å²) in [4.78, 5) is 0. The van der Waals surface area contributed by atoms with E-state index < -0.39 is 0 Å². The topological polar surface area (TPSA) is 39.7 Å². The van der Waals surface area contributed by atoms with E-state index in [-0.39, 0.29) is 0 Å². The third-order valence-corrected chi connectivity index (χ3v) is 4.08. The summed E-state index contributed by atoms with van der Waals surface area (Å²) in [5, 5.41) is 3.43. The Hall–Kier alpha value is -2.20. The first-order chi connectivity index (χ1) is 12.8. The zero-order valence-electron chi connectivity index (χ0n) is 16.0. The van der Waals surface area contributed by atoms with Crippen LogP contribution in [0.4, 0.5) is 5.69 Å². The number of hydrogen-bond acceptors (Lipinski definition) is 4. The summed E-state index contributed by atoms with van der Waals surface area (Å²) >= 11 is 0. The maximum absolute atomic E-state index is 5.79. The normalized spacial score (nSPS) is 10.5. The summed E-state index contributed by atoms with van der Waals surface area (Å²) in [6.07, 6.45) is 4.91. The fourth-order valence-electron chi connectivity index (χ4n) is 2.57. The van der Waals surface area contributed by atoms with Gasteiger partial charge in [0, 0.05) is 25.4 Å². The average molecular weight is 357 g/mol. The molecule has 0 aliphatic rings. The molecule has 0 amide bonds. The third kappa shape index (κ3) is 7.79. The van der Waals surface area contributed by atoms with Gasteiger partial charge in [-0.25, -0.2) is 0 Å². The second-order valence-electron chi connectivity index (χ2n) is 6.28. The Morgan fingerprint density at radius 1 is 0.808 bits per heavy atom. The van der Waals surface area contributed by atoms with Gasteiger partial charge in [0.2, 0.25) is 0 Å². The van der Waals surface area contributed by atoms with E-state index in [1.54, 1.807) is 7.11 Å². The van der Waals surface area contributed by atoms with Crippen LogP contribution >= 0.6 is 0 Å². The average Bonchev–Trinajstić information content (AvgIpc) is 2.68. The number of anilines is 1. The molecule has 0 aromatic heterocycles. The van der Waals surface area contributed by atoms with Crippen LogP contribution in [0.3, 0.4) is 0 Å². The lowest BCUT2D eigenvalue weighted by Gasteiger charge is -2.11. The number of nitrogens with one attached hydrogen (secondary N) is 1. The lowest BCUT2D eigenvalue weighted by Crippen LogP contribution is -2.05. The van der Waals surface area contributed by atoms with Gasteiger partial charge in [-0.2, -0.15) is 0 Å². The van der Waals surface area contributed by atoms with Crippen LogP contribution in [0.25, 0.3) is 0 Å². The molecule has 0 aliphatic heterocycles. The quantitative estimate of drug-likeness (QED) is 0.495. The van der Waals surface area contributed by atoms with Crippen molar-refractivity contribution in [2.75, 3.05) is 32.2 Å². The Morgan fingerprint density at radius 2 is 1.62 bits per heavy atom. The molecule has 2 aromatic rings. The van der Waals surface area contributed by atoms with Gasteiger partial charge in [-0.1, -0.05) is 44.4 Å². The van der Waals surface area contributed by atoms with E-state index in [0.29, 0.717) is 13.2 Å². The maximum Gasteiger partial charge on any atom is 0.121 e. The van der Waals surface area contributed by atoms with Crippen LogP contribution in [0, 0.1) is 0 Å². The van der Waals surface area contributed by atoms with Gasteiger partial charge in [0.15, 0.2) is 0 Å². The number of methoxy groups -OCH3 is 1. The van der Waals surface area contributed by atoms with E-state index in [9.17, 15) is 0 Å². The Balaban J connectivity index is 1.74. The predicted octanol–water partition coefficient (Wildman–Crippen LogP) is 5.28. The van der Waals surface area contributed by atoms with E-state index in [1.165, 1.54) is 24.8 Å². The molecule has 0 unspecified atom stereocenters. The van der Waals surface area contributed by atoms with Crippen LogP contribution in [0.15, 0.2) is 48.5 Å². The lowest BCUT2D eigenvalue weighted by atomic mass is 10.2. The number of rotatable bonds is 13. The van der Waals surface area contributed by atoms with Gasteiger partial charge >= 0.3 is 0 Å². The van der Waals surface area contributed by atoms with Crippen molar-refractivity contribution in [3.63, 3.8) is 0 Å². The van der Waals surface area contributed by atoms with Crippen LogP contribution in [0.5, 0.6) is 11.5 Å². The van der Waals surface area contributed by atoms with Crippen molar-refractivity contribution in [3.8, 4) is 11.5 Å². The molecule has 142 valence electrons. The summed E-state index contributed by atoms with van der Waals surface area (Å²) in [5.74, 6) is 1.79. The van der Waals surface area contributed by atoms with E-state index in [1.807, 2.05) is 36.4 Å². The maximum atomic E-state index is 5.79. The Labute approximate surface area is 157 Å². The minimum Gasteiger partial charge on any atom is -0.494 e. The highest BCUT2D eigenvalue weighted by Crippen LogP contribution is 2.19. The number of ether oxygens (including phenoxy) is 3. The molecule has 0 heterocycles. The molecule has 2 rings (SSSR count). The summed E-state index contributed by atoms with van der Waals surface area (Å²) in [7, 11) is 1.67. The standard InChI is InChI=1S/C22H31NO3/c1-3-4-5-6-14-25-21-12-10-19(11-13-21)18-23-20-8-7-9-22(17-20)26-16-15-24-2/h7-13,17,23H,3-6,14-16,18H2,1-2H3. The SMILES string of the molecule is CCCCCCOc1ccc(CNc2cccc(OCCOC)c2)cc1. The van der Waals surface area contributed by atoms with Crippen molar-refractivity contribution >= 4 is 5.69 Å². The highest BCUT2D eigenvalue weighted by molar-refractivity contribution is 5.48. The van der Waals surface area contributed by atoms with Gasteiger partial charge in [0.05, 0.1) is 13.2 Å². The molecule has 0 radical (unpaired) electrons. The zero-order chi connectivity index (χ0) is 18.5. The van der Waals surface area contributed by atoms with Crippen LogP contribution in [-0.4, -0.2) is 26.9 Å². The molecular formula is C22H31NO3. The Bertz CT molecular complexity index is 613. The molecular weight excluding hydrogens is 326 g/mol. The summed E-state index contributed by atoms with van der Waals surface area (Å²) in [6, 6.07) is 16.3. The fraction of sp³-hybridized carbons (Fsp3) is 0.455. The molecule has 0 bridgehead atoms. The predicted molar refractivity (Wildman–Crippen MR) is 107 cm³/mol. The van der Waals surface area contributed by atoms with Crippen LogP contribution in [0.1, 0.15) is 38.2 Å². The van der Waals surface area contributed by atoms with Crippen molar-refractivity contribution in [2.45, 2.75) is 39.2 Å². The minimum atomic E-state index is 0.555. The molecule has 0 spiro atoms.